The van der Waals surface area contributed by atoms with Gasteiger partial charge in [0.25, 0.3) is 0 Å². The first-order valence-corrected chi connectivity index (χ1v) is 5.80. The summed E-state index contributed by atoms with van der Waals surface area (Å²) in [4.78, 5) is 11.0. The van der Waals surface area contributed by atoms with E-state index in [1.54, 1.807) is 0 Å². The third-order valence-electron chi connectivity index (χ3n) is 3.79. The van der Waals surface area contributed by atoms with Crippen molar-refractivity contribution in [2.45, 2.75) is 44.6 Å². The van der Waals surface area contributed by atoms with Crippen molar-refractivity contribution in [2.75, 3.05) is 6.54 Å². The monoisotopic (exact) mass is 196 g/mol. The van der Waals surface area contributed by atoms with E-state index in [0.717, 1.165) is 18.9 Å². The van der Waals surface area contributed by atoms with E-state index in [0.29, 0.717) is 6.04 Å². The molecule has 0 aromatic rings. The van der Waals surface area contributed by atoms with Crippen LogP contribution in [0.3, 0.4) is 0 Å². The van der Waals surface area contributed by atoms with Crippen LogP contribution in [0, 0.1) is 11.8 Å². The zero-order valence-corrected chi connectivity index (χ0v) is 8.67. The summed E-state index contributed by atoms with van der Waals surface area (Å²) >= 11 is 0. The molecule has 80 valence electrons. The van der Waals surface area contributed by atoms with Gasteiger partial charge in [-0.1, -0.05) is 19.3 Å². The molecular weight excluding hydrogens is 176 g/mol. The minimum absolute atomic E-state index is 0.0851. The van der Waals surface area contributed by atoms with Gasteiger partial charge in [-0.05, 0) is 25.2 Å². The van der Waals surface area contributed by atoms with E-state index in [-0.39, 0.29) is 11.8 Å². The van der Waals surface area contributed by atoms with E-state index in [4.69, 9.17) is 5.73 Å². The van der Waals surface area contributed by atoms with Crippen molar-refractivity contribution in [1.29, 1.82) is 0 Å². The van der Waals surface area contributed by atoms with Gasteiger partial charge in [-0.3, -0.25) is 4.79 Å². The molecule has 2 fully saturated rings. The largest absolute Gasteiger partial charge is 0.369 e. The Hall–Kier alpha value is -0.570. The van der Waals surface area contributed by atoms with Crippen molar-refractivity contribution in [3.05, 3.63) is 0 Å². The minimum atomic E-state index is -0.129. The lowest BCUT2D eigenvalue weighted by Gasteiger charge is -2.27. The van der Waals surface area contributed by atoms with Gasteiger partial charge >= 0.3 is 0 Å². The van der Waals surface area contributed by atoms with E-state index < -0.39 is 0 Å². The number of primary amides is 1. The summed E-state index contributed by atoms with van der Waals surface area (Å²) in [7, 11) is 0. The third kappa shape index (κ3) is 2.08. The minimum Gasteiger partial charge on any atom is -0.369 e. The molecule has 0 bridgehead atoms. The van der Waals surface area contributed by atoms with Crippen LogP contribution >= 0.6 is 0 Å². The molecule has 2 unspecified atom stereocenters. The maximum atomic E-state index is 11.0. The summed E-state index contributed by atoms with van der Waals surface area (Å²) in [6.45, 7) is 0.802. The Balaban J connectivity index is 1.85. The number of nitrogens with one attached hydrogen (secondary N) is 1. The van der Waals surface area contributed by atoms with Gasteiger partial charge in [0.1, 0.15) is 0 Å². The first-order chi connectivity index (χ1) is 6.77. The molecular formula is C11H20N2O. The SMILES string of the molecule is NC(=O)C1CNC(C2CCCCC2)C1. The zero-order chi connectivity index (χ0) is 9.97. The van der Waals surface area contributed by atoms with Crippen molar-refractivity contribution in [2.24, 2.45) is 17.6 Å². The Morgan fingerprint density at radius 2 is 1.93 bits per heavy atom. The zero-order valence-electron chi connectivity index (χ0n) is 8.67. The number of carbonyl (C=O) groups excluding carboxylic acids is 1. The molecule has 3 heteroatoms. The quantitative estimate of drug-likeness (QED) is 0.693. The Kier molecular flexibility index (Phi) is 3.06. The van der Waals surface area contributed by atoms with Gasteiger partial charge in [-0.2, -0.15) is 0 Å². The maximum absolute atomic E-state index is 11.0. The number of carbonyl (C=O) groups is 1. The van der Waals surface area contributed by atoms with Crippen LogP contribution in [0.4, 0.5) is 0 Å². The molecule has 3 N–H and O–H groups in total. The molecule has 1 saturated carbocycles. The molecule has 2 aliphatic rings. The molecule has 0 spiro atoms. The fourth-order valence-corrected chi connectivity index (χ4v) is 2.88. The second kappa shape index (κ2) is 4.30. The normalized spacial score (nSPS) is 34.6. The molecule has 1 saturated heterocycles. The Labute approximate surface area is 85.4 Å². The Bertz CT molecular complexity index is 211. The smallest absolute Gasteiger partial charge is 0.221 e. The summed E-state index contributed by atoms with van der Waals surface area (Å²) in [5, 5.41) is 3.46. The fourth-order valence-electron chi connectivity index (χ4n) is 2.88. The van der Waals surface area contributed by atoms with Gasteiger partial charge in [0.05, 0.1) is 5.92 Å². The van der Waals surface area contributed by atoms with Crippen LogP contribution in [0.15, 0.2) is 0 Å². The fraction of sp³-hybridized carbons (Fsp3) is 0.909. The van der Waals surface area contributed by atoms with Gasteiger partial charge in [-0.25, -0.2) is 0 Å². The molecule has 1 heterocycles. The number of hydrogen-bond donors (Lipinski definition) is 2. The van der Waals surface area contributed by atoms with Gasteiger partial charge in [0, 0.05) is 12.6 Å². The second-order valence-corrected chi connectivity index (χ2v) is 4.75. The van der Waals surface area contributed by atoms with Gasteiger partial charge < -0.3 is 11.1 Å². The van der Waals surface area contributed by atoms with Crippen LogP contribution in [0.2, 0.25) is 0 Å². The number of rotatable bonds is 2. The average Bonchev–Trinajstić information content (AvgIpc) is 2.68. The molecule has 1 aliphatic heterocycles. The summed E-state index contributed by atoms with van der Waals surface area (Å²) in [6.07, 6.45) is 7.77. The molecule has 2 atom stereocenters. The van der Waals surface area contributed by atoms with Gasteiger partial charge in [-0.15, -0.1) is 0 Å². The van der Waals surface area contributed by atoms with E-state index in [9.17, 15) is 4.79 Å². The van der Waals surface area contributed by atoms with Crippen molar-refractivity contribution in [3.8, 4) is 0 Å². The Morgan fingerprint density at radius 1 is 1.21 bits per heavy atom. The topological polar surface area (TPSA) is 55.1 Å². The highest BCUT2D eigenvalue weighted by Crippen LogP contribution is 2.31. The van der Waals surface area contributed by atoms with Crippen molar-refractivity contribution in [3.63, 3.8) is 0 Å². The lowest BCUT2D eigenvalue weighted by molar-refractivity contribution is -0.121. The van der Waals surface area contributed by atoms with E-state index in [1.807, 2.05) is 0 Å². The average molecular weight is 196 g/mol. The van der Waals surface area contributed by atoms with Crippen molar-refractivity contribution < 1.29 is 4.79 Å². The number of amides is 1. The lowest BCUT2D eigenvalue weighted by atomic mass is 9.82. The first kappa shape index (κ1) is 9.97. The molecule has 14 heavy (non-hydrogen) atoms. The molecule has 0 aromatic carbocycles. The Morgan fingerprint density at radius 3 is 2.50 bits per heavy atom. The first-order valence-electron chi connectivity index (χ1n) is 5.80. The third-order valence-corrected chi connectivity index (χ3v) is 3.79. The summed E-state index contributed by atoms with van der Waals surface area (Å²) < 4.78 is 0. The standard InChI is InChI=1S/C11H20N2O/c12-11(14)9-6-10(13-7-9)8-4-2-1-3-5-8/h8-10,13H,1-7H2,(H2,12,14). The molecule has 2 rings (SSSR count). The van der Waals surface area contributed by atoms with Gasteiger partial charge in [0.15, 0.2) is 0 Å². The maximum Gasteiger partial charge on any atom is 0.221 e. The predicted molar refractivity (Wildman–Crippen MR) is 55.7 cm³/mol. The van der Waals surface area contributed by atoms with Gasteiger partial charge in [0.2, 0.25) is 5.91 Å². The van der Waals surface area contributed by atoms with Crippen LogP contribution in [-0.2, 0) is 4.79 Å². The highest BCUT2D eigenvalue weighted by molar-refractivity contribution is 5.77. The molecule has 0 aromatic heterocycles. The molecule has 3 nitrogen and oxygen atoms in total. The highest BCUT2D eigenvalue weighted by Gasteiger charge is 2.33. The second-order valence-electron chi connectivity index (χ2n) is 4.75. The van der Waals surface area contributed by atoms with Crippen LogP contribution in [0.1, 0.15) is 38.5 Å². The van der Waals surface area contributed by atoms with Crippen LogP contribution in [-0.4, -0.2) is 18.5 Å². The van der Waals surface area contributed by atoms with Crippen LogP contribution in [0.25, 0.3) is 0 Å². The van der Waals surface area contributed by atoms with E-state index >= 15 is 0 Å². The summed E-state index contributed by atoms with van der Waals surface area (Å²) in [5.74, 6) is 0.755. The number of nitrogens with two attached hydrogens (primary N) is 1. The van der Waals surface area contributed by atoms with E-state index in [1.165, 1.54) is 32.1 Å². The van der Waals surface area contributed by atoms with Crippen molar-refractivity contribution >= 4 is 5.91 Å². The molecule has 1 aliphatic carbocycles. The molecule has 0 radical (unpaired) electrons. The van der Waals surface area contributed by atoms with Crippen LogP contribution in [0.5, 0.6) is 0 Å². The van der Waals surface area contributed by atoms with Crippen molar-refractivity contribution in [1.82, 2.24) is 5.32 Å². The lowest BCUT2D eigenvalue weighted by Crippen LogP contribution is -2.31. The van der Waals surface area contributed by atoms with E-state index in [2.05, 4.69) is 5.32 Å². The molecule has 1 amide bonds. The summed E-state index contributed by atoms with van der Waals surface area (Å²) in [5.41, 5.74) is 5.31. The van der Waals surface area contributed by atoms with Crippen LogP contribution < -0.4 is 11.1 Å². The summed E-state index contributed by atoms with van der Waals surface area (Å²) in [6, 6.07) is 0.563. The number of hydrogen-bond acceptors (Lipinski definition) is 2. The highest BCUT2D eigenvalue weighted by atomic mass is 16.1. The predicted octanol–water partition coefficient (Wildman–Crippen LogP) is 1.03.